The normalized spacial score (nSPS) is 16.4. The fraction of sp³-hybridized carbons (Fsp3) is 0.292. The average molecular weight is 483 g/mol. The lowest BCUT2D eigenvalue weighted by atomic mass is 10.1. The Morgan fingerprint density at radius 1 is 1.15 bits per heavy atom. The first-order valence-corrected chi connectivity index (χ1v) is 11.8. The van der Waals surface area contributed by atoms with E-state index in [1.165, 1.54) is 23.9 Å². The third kappa shape index (κ3) is 5.33. The number of carbonyl (C=O) groups excluding carboxylic acids is 3. The van der Waals surface area contributed by atoms with Crippen LogP contribution in [0.4, 0.5) is 10.1 Å². The second kappa shape index (κ2) is 10.6. The van der Waals surface area contributed by atoms with E-state index in [0.717, 1.165) is 11.1 Å². The number of aliphatic imine (C=N–C) groups is 2. The topological polar surface area (TPSA) is 100 Å². The summed E-state index contributed by atoms with van der Waals surface area (Å²) in [6.45, 7) is 2.27. The van der Waals surface area contributed by atoms with E-state index >= 15 is 0 Å². The molecule has 2 amide bonds. The van der Waals surface area contributed by atoms with Crippen molar-refractivity contribution in [2.45, 2.75) is 32.4 Å². The van der Waals surface area contributed by atoms with E-state index in [9.17, 15) is 18.8 Å². The molecule has 1 unspecified atom stereocenters. The Bertz CT molecular complexity index is 1170. The summed E-state index contributed by atoms with van der Waals surface area (Å²) in [5.74, 6) is -0.804. The number of ether oxygens (including phenoxy) is 1. The minimum Gasteiger partial charge on any atom is -0.465 e. The molecule has 2 aliphatic heterocycles. The van der Waals surface area contributed by atoms with Crippen molar-refractivity contribution in [3.05, 3.63) is 65.5 Å². The van der Waals surface area contributed by atoms with Gasteiger partial charge in [0.05, 0.1) is 18.0 Å². The number of hydrogen-bond donors (Lipinski definition) is 1. The standard InChI is InChI=1S/C24H23FN4O4S/c1-2-33-21(31)14-34-24-27-18-6-4-3-5-17(18)22-28-23(32)19(29(22)24)11-12-20(30)26-13-15-7-9-16(25)10-8-15/h3-10,19H,2,11-14H2,1H3,(H,26,30). The Morgan fingerprint density at radius 2 is 1.91 bits per heavy atom. The van der Waals surface area contributed by atoms with Crippen LogP contribution < -0.4 is 5.32 Å². The molecular weight excluding hydrogens is 459 g/mol. The van der Waals surface area contributed by atoms with Crippen molar-refractivity contribution in [3.8, 4) is 0 Å². The molecule has 4 rings (SSSR count). The quantitative estimate of drug-likeness (QED) is 0.580. The lowest BCUT2D eigenvalue weighted by Crippen LogP contribution is -2.44. The maximum atomic E-state index is 13.0. The van der Waals surface area contributed by atoms with Crippen LogP contribution in [0, 0.1) is 5.82 Å². The molecule has 2 aliphatic rings. The van der Waals surface area contributed by atoms with Crippen molar-refractivity contribution in [2.24, 2.45) is 9.98 Å². The van der Waals surface area contributed by atoms with Crippen LogP contribution in [0.3, 0.4) is 0 Å². The van der Waals surface area contributed by atoms with E-state index in [1.54, 1.807) is 24.0 Å². The van der Waals surface area contributed by atoms with E-state index in [-0.39, 0.29) is 55.3 Å². The summed E-state index contributed by atoms with van der Waals surface area (Å²) in [6, 6.07) is 12.5. The number of thioether (sulfide) groups is 1. The number of carbonyl (C=O) groups is 3. The highest BCUT2D eigenvalue weighted by Gasteiger charge is 2.41. The van der Waals surface area contributed by atoms with Gasteiger partial charge in [0.25, 0.3) is 5.91 Å². The first-order valence-electron chi connectivity index (χ1n) is 10.9. The summed E-state index contributed by atoms with van der Waals surface area (Å²) in [5, 5.41) is 3.25. The maximum absolute atomic E-state index is 13.0. The Hall–Kier alpha value is -3.53. The third-order valence-electron chi connectivity index (χ3n) is 5.28. The molecule has 2 heterocycles. The van der Waals surface area contributed by atoms with E-state index in [0.29, 0.717) is 16.7 Å². The second-order valence-corrected chi connectivity index (χ2v) is 8.55. The summed E-state index contributed by atoms with van der Waals surface area (Å²) >= 11 is 1.17. The Labute approximate surface area is 200 Å². The fourth-order valence-electron chi connectivity index (χ4n) is 3.66. The average Bonchev–Trinajstić information content (AvgIpc) is 3.17. The number of amides is 2. The number of para-hydroxylation sites is 1. The molecule has 0 saturated heterocycles. The van der Waals surface area contributed by atoms with Gasteiger partial charge in [-0.1, -0.05) is 36.0 Å². The van der Waals surface area contributed by atoms with Gasteiger partial charge in [-0.05, 0) is 43.2 Å². The Kier molecular flexibility index (Phi) is 7.36. The molecule has 0 radical (unpaired) electrons. The molecule has 0 spiro atoms. The van der Waals surface area contributed by atoms with E-state index in [1.807, 2.05) is 24.3 Å². The van der Waals surface area contributed by atoms with Crippen LogP contribution in [-0.4, -0.2) is 52.1 Å². The van der Waals surface area contributed by atoms with Gasteiger partial charge in [-0.15, -0.1) is 0 Å². The number of amidine groups is 2. The third-order valence-corrected chi connectivity index (χ3v) is 6.21. The van der Waals surface area contributed by atoms with Gasteiger partial charge in [-0.2, -0.15) is 4.99 Å². The smallest absolute Gasteiger partial charge is 0.316 e. The largest absolute Gasteiger partial charge is 0.465 e. The summed E-state index contributed by atoms with van der Waals surface area (Å²) in [4.78, 5) is 47.7. The van der Waals surface area contributed by atoms with Gasteiger partial charge < -0.3 is 10.1 Å². The van der Waals surface area contributed by atoms with Crippen LogP contribution in [0.25, 0.3) is 0 Å². The predicted molar refractivity (Wildman–Crippen MR) is 127 cm³/mol. The van der Waals surface area contributed by atoms with Crippen molar-refractivity contribution in [1.82, 2.24) is 10.2 Å². The molecule has 1 atom stereocenters. The summed E-state index contributed by atoms with van der Waals surface area (Å²) < 4.78 is 18.0. The van der Waals surface area contributed by atoms with Crippen molar-refractivity contribution in [3.63, 3.8) is 0 Å². The molecule has 0 bridgehead atoms. The first kappa shape index (κ1) is 23.6. The van der Waals surface area contributed by atoms with Crippen LogP contribution in [0.1, 0.15) is 30.9 Å². The monoisotopic (exact) mass is 482 g/mol. The molecule has 176 valence electrons. The number of fused-ring (bicyclic) bond motifs is 3. The SMILES string of the molecule is CCOC(=O)CSC1=Nc2ccccc2C2=NC(=O)C(CCC(=O)NCc3ccc(F)cc3)N12. The highest BCUT2D eigenvalue weighted by atomic mass is 32.2. The Morgan fingerprint density at radius 3 is 2.68 bits per heavy atom. The molecule has 10 heteroatoms. The predicted octanol–water partition coefficient (Wildman–Crippen LogP) is 3.18. The zero-order valence-electron chi connectivity index (χ0n) is 18.5. The minimum absolute atomic E-state index is 0.0394. The molecule has 34 heavy (non-hydrogen) atoms. The molecule has 8 nitrogen and oxygen atoms in total. The molecule has 0 aliphatic carbocycles. The molecule has 0 saturated carbocycles. The van der Waals surface area contributed by atoms with Crippen LogP contribution >= 0.6 is 11.8 Å². The number of rotatable bonds is 8. The lowest BCUT2D eigenvalue weighted by Gasteiger charge is -2.30. The summed E-state index contributed by atoms with van der Waals surface area (Å²) in [6.07, 6.45) is 0.316. The van der Waals surface area contributed by atoms with E-state index in [4.69, 9.17) is 4.74 Å². The van der Waals surface area contributed by atoms with Crippen LogP contribution in [0.2, 0.25) is 0 Å². The van der Waals surface area contributed by atoms with Crippen molar-refractivity contribution >= 4 is 46.2 Å². The van der Waals surface area contributed by atoms with Crippen LogP contribution in [-0.2, 0) is 25.7 Å². The van der Waals surface area contributed by atoms with Gasteiger partial charge in [-0.25, -0.2) is 9.38 Å². The maximum Gasteiger partial charge on any atom is 0.316 e. The molecule has 0 fully saturated rings. The van der Waals surface area contributed by atoms with Gasteiger partial charge in [0.15, 0.2) is 5.17 Å². The van der Waals surface area contributed by atoms with Crippen molar-refractivity contribution in [2.75, 3.05) is 12.4 Å². The molecule has 1 N–H and O–H groups in total. The number of nitrogens with one attached hydrogen (secondary N) is 1. The number of nitrogens with zero attached hydrogens (tertiary/aromatic N) is 3. The van der Waals surface area contributed by atoms with Gasteiger partial charge in [-0.3, -0.25) is 19.3 Å². The number of hydrogen-bond acceptors (Lipinski definition) is 7. The van der Waals surface area contributed by atoms with E-state index < -0.39 is 6.04 Å². The Balaban J connectivity index is 1.45. The highest BCUT2D eigenvalue weighted by molar-refractivity contribution is 8.14. The highest BCUT2D eigenvalue weighted by Crippen LogP contribution is 2.35. The van der Waals surface area contributed by atoms with Crippen molar-refractivity contribution < 1.29 is 23.5 Å². The number of benzene rings is 2. The first-order chi connectivity index (χ1) is 16.5. The summed E-state index contributed by atoms with van der Waals surface area (Å²) in [5.41, 5.74) is 2.16. The molecule has 0 aromatic heterocycles. The number of esters is 1. The molecule has 2 aromatic rings. The van der Waals surface area contributed by atoms with Crippen LogP contribution in [0.5, 0.6) is 0 Å². The van der Waals surface area contributed by atoms with Gasteiger partial charge >= 0.3 is 5.97 Å². The van der Waals surface area contributed by atoms with Crippen LogP contribution in [0.15, 0.2) is 58.5 Å². The second-order valence-electron chi connectivity index (χ2n) is 7.61. The minimum atomic E-state index is -0.701. The molecule has 2 aromatic carbocycles. The number of halogens is 1. The fourth-order valence-corrected chi connectivity index (χ4v) is 4.51. The molecular formula is C24H23FN4O4S. The van der Waals surface area contributed by atoms with Crippen molar-refractivity contribution in [1.29, 1.82) is 0 Å². The zero-order valence-corrected chi connectivity index (χ0v) is 19.3. The lowest BCUT2D eigenvalue weighted by molar-refractivity contribution is -0.139. The van der Waals surface area contributed by atoms with Gasteiger partial charge in [0.2, 0.25) is 5.91 Å². The zero-order chi connectivity index (χ0) is 24.1. The van der Waals surface area contributed by atoms with Gasteiger partial charge in [0, 0.05) is 18.5 Å². The van der Waals surface area contributed by atoms with E-state index in [2.05, 4.69) is 15.3 Å². The summed E-state index contributed by atoms with van der Waals surface area (Å²) in [7, 11) is 0. The van der Waals surface area contributed by atoms with Gasteiger partial charge in [0.1, 0.15) is 17.7 Å².